The number of carbonyl (C=O) groups excluding carboxylic acids is 1. The van der Waals surface area contributed by atoms with Crippen LogP contribution < -0.4 is 10.6 Å². The number of hydrogen-bond donors (Lipinski definition) is 1. The molecule has 0 aliphatic carbocycles. The molecule has 0 spiro atoms. The van der Waals surface area contributed by atoms with E-state index in [-0.39, 0.29) is 24.6 Å². The van der Waals surface area contributed by atoms with Gasteiger partial charge in [-0.15, -0.1) is 0 Å². The Bertz CT molecular complexity index is 486. The second-order valence-electron chi connectivity index (χ2n) is 4.69. The average Bonchev–Trinajstić information content (AvgIpc) is 2.36. The van der Waals surface area contributed by atoms with Gasteiger partial charge in [0.15, 0.2) is 0 Å². The number of hydrogen-bond acceptors (Lipinski definition) is 3. The van der Waals surface area contributed by atoms with Crippen LogP contribution in [0, 0.1) is 0 Å². The Kier molecular flexibility index (Phi) is 4.99. The molecule has 0 bridgehead atoms. The fourth-order valence-corrected chi connectivity index (χ4v) is 1.70. The van der Waals surface area contributed by atoms with Crippen molar-refractivity contribution in [3.8, 4) is 0 Å². The number of benzene rings is 1. The Balaban J connectivity index is 3.01. The van der Waals surface area contributed by atoms with Gasteiger partial charge in [-0.3, -0.25) is 4.79 Å². The lowest BCUT2D eigenvalue weighted by atomic mass is 10.1. The number of nitrogens with zero attached hydrogens (tertiary/aromatic N) is 2. The lowest BCUT2D eigenvalue weighted by Gasteiger charge is -2.22. The molecule has 0 fully saturated rings. The number of halogens is 3. The number of nitrogens with two attached hydrogens (primary N) is 1. The van der Waals surface area contributed by atoms with Crippen molar-refractivity contribution in [2.24, 2.45) is 5.73 Å². The molecule has 0 aliphatic heterocycles. The number of anilines is 1. The third kappa shape index (κ3) is 3.86. The molecule has 0 heterocycles. The number of amides is 1. The summed E-state index contributed by atoms with van der Waals surface area (Å²) in [6, 6.07) is 3.70. The van der Waals surface area contributed by atoms with E-state index in [9.17, 15) is 18.0 Å². The molecule has 0 aromatic heterocycles. The average molecular weight is 289 g/mol. The van der Waals surface area contributed by atoms with Crippen LogP contribution in [0.1, 0.15) is 11.1 Å². The van der Waals surface area contributed by atoms with Gasteiger partial charge in [0.2, 0.25) is 5.91 Å². The van der Waals surface area contributed by atoms with Crippen molar-refractivity contribution in [2.75, 3.05) is 32.6 Å². The summed E-state index contributed by atoms with van der Waals surface area (Å²) in [7, 11) is 4.88. The quantitative estimate of drug-likeness (QED) is 0.917. The maximum atomic E-state index is 12.8. The maximum absolute atomic E-state index is 12.8. The van der Waals surface area contributed by atoms with E-state index in [1.807, 2.05) is 0 Å². The summed E-state index contributed by atoms with van der Waals surface area (Å²) in [6.45, 7) is -0.124. The first-order chi connectivity index (χ1) is 9.16. The zero-order chi connectivity index (χ0) is 15.5. The van der Waals surface area contributed by atoms with Gasteiger partial charge in [0.25, 0.3) is 0 Å². The van der Waals surface area contributed by atoms with Gasteiger partial charge in [-0.25, -0.2) is 0 Å². The van der Waals surface area contributed by atoms with Crippen LogP contribution in [0.25, 0.3) is 0 Å². The molecule has 7 heteroatoms. The maximum Gasteiger partial charge on any atom is 0.416 e. The monoisotopic (exact) mass is 289 g/mol. The molecule has 4 nitrogen and oxygen atoms in total. The van der Waals surface area contributed by atoms with E-state index in [0.717, 1.165) is 6.07 Å². The first kappa shape index (κ1) is 16.3. The fourth-order valence-electron chi connectivity index (χ4n) is 1.70. The second-order valence-corrected chi connectivity index (χ2v) is 4.69. The molecule has 0 atom stereocenters. The summed E-state index contributed by atoms with van der Waals surface area (Å²) in [6.07, 6.45) is -4.43. The molecule has 0 aliphatic rings. The van der Waals surface area contributed by atoms with Crippen LogP contribution in [0.5, 0.6) is 0 Å². The van der Waals surface area contributed by atoms with E-state index in [1.165, 1.54) is 17.0 Å². The molecule has 1 aromatic carbocycles. The van der Waals surface area contributed by atoms with Gasteiger partial charge >= 0.3 is 6.18 Å². The normalized spacial score (nSPS) is 11.3. The largest absolute Gasteiger partial charge is 0.416 e. The van der Waals surface area contributed by atoms with Crippen molar-refractivity contribution in [2.45, 2.75) is 12.7 Å². The zero-order valence-electron chi connectivity index (χ0n) is 11.7. The first-order valence-corrected chi connectivity index (χ1v) is 5.98. The topological polar surface area (TPSA) is 49.6 Å². The van der Waals surface area contributed by atoms with Gasteiger partial charge in [0, 0.05) is 33.4 Å². The number of carbonyl (C=O) groups is 1. The Labute approximate surface area is 116 Å². The summed E-state index contributed by atoms with van der Waals surface area (Å²) < 4.78 is 38.3. The van der Waals surface area contributed by atoms with Gasteiger partial charge in [-0.05, 0) is 23.8 Å². The van der Waals surface area contributed by atoms with Gasteiger partial charge in [-0.1, -0.05) is 0 Å². The van der Waals surface area contributed by atoms with Gasteiger partial charge in [0.05, 0.1) is 12.1 Å². The molecule has 20 heavy (non-hydrogen) atoms. The van der Waals surface area contributed by atoms with Crippen molar-refractivity contribution in [1.82, 2.24) is 4.90 Å². The summed E-state index contributed by atoms with van der Waals surface area (Å²) in [4.78, 5) is 14.6. The molecule has 1 amide bonds. The Hall–Kier alpha value is -1.76. The number of likely N-dealkylation sites (N-methyl/N-ethyl adjacent to an activating group) is 2. The molecule has 0 radical (unpaired) electrons. The van der Waals surface area contributed by atoms with Crippen molar-refractivity contribution in [3.05, 3.63) is 29.3 Å². The molecular weight excluding hydrogens is 271 g/mol. The molecule has 112 valence electrons. The summed E-state index contributed by atoms with van der Waals surface area (Å²) in [5.74, 6) is -0.137. The van der Waals surface area contributed by atoms with E-state index in [4.69, 9.17) is 5.73 Å². The van der Waals surface area contributed by atoms with E-state index >= 15 is 0 Å². The van der Waals surface area contributed by atoms with Crippen molar-refractivity contribution < 1.29 is 18.0 Å². The molecule has 0 saturated heterocycles. The smallest absolute Gasteiger partial charge is 0.365 e. The molecule has 2 N–H and O–H groups in total. The van der Waals surface area contributed by atoms with Crippen LogP contribution in [0.2, 0.25) is 0 Å². The third-order valence-electron chi connectivity index (χ3n) is 2.93. The lowest BCUT2D eigenvalue weighted by Crippen LogP contribution is -2.34. The fraction of sp³-hybridized carbons (Fsp3) is 0.462. The van der Waals surface area contributed by atoms with Crippen LogP contribution in [0.15, 0.2) is 18.2 Å². The Morgan fingerprint density at radius 3 is 2.30 bits per heavy atom. The third-order valence-corrected chi connectivity index (χ3v) is 2.93. The molecule has 1 rings (SSSR count). The highest BCUT2D eigenvalue weighted by molar-refractivity contribution is 5.80. The van der Waals surface area contributed by atoms with Gasteiger partial charge in [0.1, 0.15) is 0 Å². The van der Waals surface area contributed by atoms with E-state index in [0.29, 0.717) is 5.69 Å². The molecule has 1 aromatic rings. The lowest BCUT2D eigenvalue weighted by molar-refractivity contribution is -0.138. The minimum atomic E-state index is -4.43. The van der Waals surface area contributed by atoms with Crippen LogP contribution in [0.3, 0.4) is 0 Å². The number of rotatable bonds is 4. The number of alkyl halides is 3. The highest BCUT2D eigenvalue weighted by Crippen LogP contribution is 2.33. The molecule has 0 saturated carbocycles. The van der Waals surface area contributed by atoms with Crippen LogP contribution in [0.4, 0.5) is 18.9 Å². The van der Waals surface area contributed by atoms with E-state index < -0.39 is 11.7 Å². The predicted molar refractivity (Wildman–Crippen MR) is 71.3 cm³/mol. The highest BCUT2D eigenvalue weighted by atomic mass is 19.4. The van der Waals surface area contributed by atoms with Crippen LogP contribution >= 0.6 is 0 Å². The predicted octanol–water partition coefficient (Wildman–Crippen LogP) is 1.69. The van der Waals surface area contributed by atoms with E-state index in [1.54, 1.807) is 26.0 Å². The summed E-state index contributed by atoms with van der Waals surface area (Å²) in [5.41, 5.74) is 5.17. The first-order valence-electron chi connectivity index (χ1n) is 5.98. The van der Waals surface area contributed by atoms with Crippen molar-refractivity contribution in [3.63, 3.8) is 0 Å². The van der Waals surface area contributed by atoms with Crippen LogP contribution in [-0.4, -0.2) is 38.5 Å². The van der Waals surface area contributed by atoms with E-state index in [2.05, 4.69) is 0 Å². The van der Waals surface area contributed by atoms with Gasteiger partial charge < -0.3 is 15.5 Å². The standard InChI is InChI=1S/C13H18F3N3O/c1-18(2)12(20)8-19(3)10-4-5-11(13(14,15)16)9(6-10)7-17/h4-6H,7-8,17H2,1-3H3. The van der Waals surface area contributed by atoms with Crippen LogP contribution in [-0.2, 0) is 17.5 Å². The molecule has 0 unspecified atom stereocenters. The highest BCUT2D eigenvalue weighted by Gasteiger charge is 2.33. The minimum absolute atomic E-state index is 0.0131. The van der Waals surface area contributed by atoms with Crippen molar-refractivity contribution in [1.29, 1.82) is 0 Å². The molecular formula is C13H18F3N3O. The second kappa shape index (κ2) is 6.13. The Morgan fingerprint density at radius 1 is 1.25 bits per heavy atom. The SMILES string of the molecule is CN(C)C(=O)CN(C)c1ccc(C(F)(F)F)c(CN)c1. The zero-order valence-corrected chi connectivity index (χ0v) is 11.7. The summed E-state index contributed by atoms with van der Waals surface area (Å²) in [5, 5.41) is 0. The van der Waals surface area contributed by atoms with Crippen molar-refractivity contribution >= 4 is 11.6 Å². The summed E-state index contributed by atoms with van der Waals surface area (Å²) >= 11 is 0. The Morgan fingerprint density at radius 2 is 1.85 bits per heavy atom. The minimum Gasteiger partial charge on any atom is -0.365 e. The van der Waals surface area contributed by atoms with Gasteiger partial charge in [-0.2, -0.15) is 13.2 Å².